The molecule has 0 aromatic rings. The highest BCUT2D eigenvalue weighted by Gasteiger charge is 2.53. The van der Waals surface area contributed by atoms with Crippen molar-refractivity contribution in [3.63, 3.8) is 0 Å². The zero-order valence-electron chi connectivity index (χ0n) is 11.7. The first-order chi connectivity index (χ1) is 8.62. The minimum atomic E-state index is -0.413. The molecule has 0 saturated heterocycles. The van der Waals surface area contributed by atoms with Crippen LogP contribution in [0.5, 0.6) is 0 Å². The van der Waals surface area contributed by atoms with Crippen molar-refractivity contribution in [2.24, 2.45) is 5.92 Å². The summed E-state index contributed by atoms with van der Waals surface area (Å²) in [4.78, 5) is 12.3. The van der Waals surface area contributed by atoms with Gasteiger partial charge in [0.05, 0.1) is 7.11 Å². The molecule has 0 spiro atoms. The molecule has 2 saturated carbocycles. The van der Waals surface area contributed by atoms with Crippen molar-refractivity contribution in [1.82, 2.24) is 5.32 Å². The van der Waals surface area contributed by atoms with E-state index in [9.17, 15) is 4.79 Å². The van der Waals surface area contributed by atoms with Gasteiger partial charge in [0.25, 0.3) is 0 Å². The quantitative estimate of drug-likeness (QED) is 0.689. The van der Waals surface area contributed by atoms with Crippen LogP contribution in [-0.2, 0) is 9.53 Å². The van der Waals surface area contributed by atoms with Gasteiger partial charge in [-0.15, -0.1) is 0 Å². The minimum Gasteiger partial charge on any atom is -0.468 e. The Balaban J connectivity index is 2.04. The zero-order chi connectivity index (χ0) is 13.2. The summed E-state index contributed by atoms with van der Waals surface area (Å²) in [6.07, 6.45) is 5.89. The Morgan fingerprint density at radius 1 is 1.44 bits per heavy atom. The fourth-order valence-electron chi connectivity index (χ4n) is 2.30. The molecule has 2 aliphatic rings. The van der Waals surface area contributed by atoms with Crippen molar-refractivity contribution < 1.29 is 9.53 Å². The average Bonchev–Trinajstić information content (AvgIpc) is 3.25. The molecule has 0 heterocycles. The summed E-state index contributed by atoms with van der Waals surface area (Å²) in [6, 6.07) is 0.544. The number of ether oxygens (including phenoxy) is 1. The van der Waals surface area contributed by atoms with Crippen LogP contribution in [-0.4, -0.2) is 35.7 Å². The normalized spacial score (nSPS) is 24.4. The smallest absolute Gasteiger partial charge is 0.327 e. The van der Waals surface area contributed by atoms with Crippen molar-refractivity contribution in [3.8, 4) is 0 Å². The van der Waals surface area contributed by atoms with E-state index in [-0.39, 0.29) is 5.97 Å². The molecule has 2 rings (SSSR count). The van der Waals surface area contributed by atoms with Crippen LogP contribution >= 0.6 is 11.8 Å². The van der Waals surface area contributed by atoms with Crippen molar-refractivity contribution in [1.29, 1.82) is 0 Å². The summed E-state index contributed by atoms with van der Waals surface area (Å²) in [5.74, 6) is 1.30. The maximum atomic E-state index is 12.3. The molecule has 4 heteroatoms. The van der Waals surface area contributed by atoms with Gasteiger partial charge in [-0.2, -0.15) is 11.8 Å². The summed E-state index contributed by atoms with van der Waals surface area (Å²) in [5.41, 5.74) is -0.413. The first-order valence-electron chi connectivity index (χ1n) is 7.10. The van der Waals surface area contributed by atoms with Crippen LogP contribution < -0.4 is 5.32 Å². The summed E-state index contributed by atoms with van der Waals surface area (Å²) >= 11 is 1.90. The molecule has 0 aliphatic heterocycles. The lowest BCUT2D eigenvalue weighted by Crippen LogP contribution is -2.57. The van der Waals surface area contributed by atoms with Crippen LogP contribution in [0.4, 0.5) is 0 Å². The lowest BCUT2D eigenvalue weighted by molar-refractivity contribution is -0.148. The van der Waals surface area contributed by atoms with E-state index in [2.05, 4.69) is 19.2 Å². The van der Waals surface area contributed by atoms with E-state index in [4.69, 9.17) is 4.74 Å². The molecule has 2 aliphatic carbocycles. The zero-order valence-corrected chi connectivity index (χ0v) is 12.5. The van der Waals surface area contributed by atoms with Crippen LogP contribution in [0.1, 0.15) is 46.0 Å². The molecule has 2 atom stereocenters. The Bertz CT molecular complexity index is 302. The minimum absolute atomic E-state index is 0.0484. The molecular weight excluding hydrogens is 246 g/mol. The second-order valence-corrected chi connectivity index (χ2v) is 7.11. The van der Waals surface area contributed by atoms with Crippen molar-refractivity contribution in [2.75, 3.05) is 12.9 Å². The van der Waals surface area contributed by atoms with Crippen LogP contribution in [0.2, 0.25) is 0 Å². The molecule has 0 aromatic heterocycles. The Morgan fingerprint density at radius 2 is 2.11 bits per heavy atom. The Hall–Kier alpha value is -0.220. The maximum absolute atomic E-state index is 12.3. The third kappa shape index (κ3) is 3.21. The Labute approximate surface area is 114 Å². The number of hydrogen-bond donors (Lipinski definition) is 1. The van der Waals surface area contributed by atoms with E-state index in [0.717, 1.165) is 25.0 Å². The molecule has 18 heavy (non-hydrogen) atoms. The van der Waals surface area contributed by atoms with Crippen LogP contribution in [0.15, 0.2) is 0 Å². The first kappa shape index (κ1) is 14.2. The first-order valence-corrected chi connectivity index (χ1v) is 8.15. The number of rotatable bonds is 8. The lowest BCUT2D eigenvalue weighted by atomic mass is 9.95. The SMILES string of the molecule is CCC(C)SCC(NC1CC1)(C(=O)OC)C1CC1. The second kappa shape index (κ2) is 5.83. The van der Waals surface area contributed by atoms with Gasteiger partial charge in [-0.3, -0.25) is 10.1 Å². The van der Waals surface area contributed by atoms with Gasteiger partial charge in [-0.1, -0.05) is 13.8 Å². The largest absolute Gasteiger partial charge is 0.468 e. The molecule has 0 bridgehead atoms. The molecule has 0 radical (unpaired) electrons. The maximum Gasteiger partial charge on any atom is 0.327 e. The standard InChI is InChI=1S/C14H25NO2S/c1-4-10(2)18-9-14(11-5-6-11,13(16)17-3)15-12-7-8-12/h10-12,15H,4-9H2,1-3H3. The van der Waals surface area contributed by atoms with E-state index < -0.39 is 5.54 Å². The number of nitrogens with one attached hydrogen (secondary N) is 1. The third-order valence-corrected chi connectivity index (χ3v) is 5.56. The predicted octanol–water partition coefficient (Wildman–Crippen LogP) is 2.59. The fourth-order valence-corrected chi connectivity index (χ4v) is 3.52. The van der Waals surface area contributed by atoms with Gasteiger partial charge in [-0.25, -0.2) is 0 Å². The lowest BCUT2D eigenvalue weighted by Gasteiger charge is -2.33. The monoisotopic (exact) mass is 271 g/mol. The molecule has 1 N–H and O–H groups in total. The van der Waals surface area contributed by atoms with Gasteiger partial charge in [0.15, 0.2) is 0 Å². The summed E-state index contributed by atoms with van der Waals surface area (Å²) in [6.45, 7) is 4.43. The van der Waals surface area contributed by atoms with Crippen LogP contribution in [0.25, 0.3) is 0 Å². The molecule has 3 nitrogen and oxygen atoms in total. The third-order valence-electron chi connectivity index (χ3n) is 4.03. The van der Waals surface area contributed by atoms with Gasteiger partial charge >= 0.3 is 5.97 Å². The van der Waals surface area contributed by atoms with Gasteiger partial charge in [-0.05, 0) is 38.0 Å². The number of hydrogen-bond acceptors (Lipinski definition) is 4. The van der Waals surface area contributed by atoms with Gasteiger partial charge in [0.1, 0.15) is 5.54 Å². The van der Waals surface area contributed by atoms with E-state index >= 15 is 0 Å². The summed E-state index contributed by atoms with van der Waals surface area (Å²) in [7, 11) is 1.52. The Kier molecular flexibility index (Phi) is 4.59. The molecule has 0 aromatic carbocycles. The van der Waals surface area contributed by atoms with Gasteiger partial charge < -0.3 is 4.74 Å². The predicted molar refractivity (Wildman–Crippen MR) is 75.8 cm³/mol. The number of carbonyl (C=O) groups excluding carboxylic acids is 1. The van der Waals surface area contributed by atoms with Crippen molar-refractivity contribution in [2.45, 2.75) is 62.8 Å². The van der Waals surface area contributed by atoms with Gasteiger partial charge in [0, 0.05) is 17.0 Å². The summed E-state index contributed by atoms with van der Waals surface area (Å²) in [5, 5.41) is 4.21. The van der Waals surface area contributed by atoms with Crippen LogP contribution in [0.3, 0.4) is 0 Å². The molecular formula is C14H25NO2S. The molecule has 104 valence electrons. The second-order valence-electron chi connectivity index (χ2n) is 5.69. The van der Waals surface area contributed by atoms with Crippen molar-refractivity contribution in [3.05, 3.63) is 0 Å². The van der Waals surface area contributed by atoms with E-state index in [1.165, 1.54) is 20.0 Å². The number of esters is 1. The molecule has 2 fully saturated rings. The van der Waals surface area contributed by atoms with E-state index in [1.54, 1.807) is 0 Å². The van der Waals surface area contributed by atoms with E-state index in [0.29, 0.717) is 17.2 Å². The highest BCUT2D eigenvalue weighted by atomic mass is 32.2. The van der Waals surface area contributed by atoms with Gasteiger partial charge in [0.2, 0.25) is 0 Å². The molecule has 2 unspecified atom stereocenters. The summed E-state index contributed by atoms with van der Waals surface area (Å²) < 4.78 is 5.10. The Morgan fingerprint density at radius 3 is 2.56 bits per heavy atom. The number of methoxy groups -OCH3 is 1. The van der Waals surface area contributed by atoms with Crippen LogP contribution in [0, 0.1) is 5.92 Å². The molecule has 0 amide bonds. The number of thioether (sulfide) groups is 1. The highest BCUT2D eigenvalue weighted by Crippen LogP contribution is 2.44. The number of carbonyl (C=O) groups is 1. The highest BCUT2D eigenvalue weighted by molar-refractivity contribution is 8.00. The van der Waals surface area contributed by atoms with E-state index in [1.807, 2.05) is 11.8 Å². The van der Waals surface area contributed by atoms with Crippen molar-refractivity contribution >= 4 is 17.7 Å². The topological polar surface area (TPSA) is 38.3 Å². The average molecular weight is 271 g/mol. The fraction of sp³-hybridized carbons (Fsp3) is 0.929.